The third-order valence-corrected chi connectivity index (χ3v) is 3.15. The maximum absolute atomic E-state index is 13.1. The van der Waals surface area contributed by atoms with Crippen molar-refractivity contribution in [2.75, 3.05) is 20.1 Å². The van der Waals surface area contributed by atoms with E-state index < -0.39 is 0 Å². The van der Waals surface area contributed by atoms with E-state index in [-0.39, 0.29) is 11.8 Å². The van der Waals surface area contributed by atoms with Crippen molar-refractivity contribution in [3.05, 3.63) is 48.4 Å². The van der Waals surface area contributed by atoms with E-state index in [9.17, 15) is 9.18 Å². The number of likely N-dealkylation sites (N-methyl/N-ethyl adjacent to an activating group) is 1. The monoisotopic (exact) mass is 275 g/mol. The topological polar surface area (TPSA) is 48.1 Å². The van der Waals surface area contributed by atoms with E-state index in [2.05, 4.69) is 16.9 Å². The van der Waals surface area contributed by atoms with Crippen molar-refractivity contribution in [1.29, 1.82) is 0 Å². The van der Waals surface area contributed by atoms with Gasteiger partial charge in [-0.2, -0.15) is 0 Å². The Bertz CT molecular complexity index is 621. The molecule has 0 aliphatic heterocycles. The van der Waals surface area contributed by atoms with Gasteiger partial charge in [-0.3, -0.25) is 0 Å². The number of benzene rings is 1. The molecule has 5 heteroatoms. The van der Waals surface area contributed by atoms with E-state index in [0.29, 0.717) is 19.5 Å². The van der Waals surface area contributed by atoms with Gasteiger partial charge in [0.15, 0.2) is 0 Å². The first-order valence-corrected chi connectivity index (χ1v) is 6.47. The lowest BCUT2D eigenvalue weighted by molar-refractivity contribution is 0.213. The molecule has 1 aromatic heterocycles. The Morgan fingerprint density at radius 2 is 2.35 bits per heavy atom. The van der Waals surface area contributed by atoms with Crippen LogP contribution < -0.4 is 5.32 Å². The lowest BCUT2D eigenvalue weighted by atomic mass is 10.1. The molecule has 0 aliphatic carbocycles. The average Bonchev–Trinajstić information content (AvgIpc) is 2.81. The largest absolute Gasteiger partial charge is 0.361 e. The van der Waals surface area contributed by atoms with Gasteiger partial charge in [0, 0.05) is 37.2 Å². The highest BCUT2D eigenvalue weighted by atomic mass is 19.1. The van der Waals surface area contributed by atoms with Gasteiger partial charge in [0.25, 0.3) is 0 Å². The van der Waals surface area contributed by atoms with Crippen LogP contribution in [0.5, 0.6) is 0 Å². The first kappa shape index (κ1) is 14.1. The molecule has 0 saturated heterocycles. The van der Waals surface area contributed by atoms with Crippen LogP contribution in [0.1, 0.15) is 5.56 Å². The Kier molecular flexibility index (Phi) is 4.40. The summed E-state index contributed by atoms with van der Waals surface area (Å²) in [4.78, 5) is 16.3. The fourth-order valence-corrected chi connectivity index (χ4v) is 2.08. The summed E-state index contributed by atoms with van der Waals surface area (Å²) in [7, 11) is 1.71. The molecule has 0 radical (unpaired) electrons. The van der Waals surface area contributed by atoms with Crippen molar-refractivity contribution in [3.63, 3.8) is 0 Å². The number of hydrogen-bond donors (Lipinski definition) is 2. The van der Waals surface area contributed by atoms with E-state index in [0.717, 1.165) is 16.5 Å². The van der Waals surface area contributed by atoms with E-state index in [1.165, 1.54) is 12.1 Å². The molecule has 2 N–H and O–H groups in total. The van der Waals surface area contributed by atoms with Gasteiger partial charge in [-0.1, -0.05) is 6.08 Å². The van der Waals surface area contributed by atoms with Crippen molar-refractivity contribution in [2.24, 2.45) is 0 Å². The molecule has 0 spiro atoms. The SMILES string of the molecule is C=CCN(C)C(=O)NCCc1c[nH]c2cc(F)ccc12. The van der Waals surface area contributed by atoms with Crippen LogP contribution in [-0.2, 0) is 6.42 Å². The van der Waals surface area contributed by atoms with Gasteiger partial charge in [0.1, 0.15) is 5.82 Å². The number of amides is 2. The number of rotatable bonds is 5. The Labute approximate surface area is 117 Å². The van der Waals surface area contributed by atoms with E-state index in [4.69, 9.17) is 0 Å². The zero-order valence-electron chi connectivity index (χ0n) is 11.4. The Hall–Kier alpha value is -2.30. The number of carbonyl (C=O) groups excluding carboxylic acids is 1. The van der Waals surface area contributed by atoms with Crippen LogP contribution in [0.3, 0.4) is 0 Å². The molecule has 0 atom stereocenters. The molecule has 1 aromatic carbocycles. The third-order valence-electron chi connectivity index (χ3n) is 3.15. The van der Waals surface area contributed by atoms with Crippen LogP contribution in [0.15, 0.2) is 37.1 Å². The second kappa shape index (κ2) is 6.23. The Balaban J connectivity index is 1.93. The van der Waals surface area contributed by atoms with Crippen LogP contribution in [0.25, 0.3) is 10.9 Å². The molecular weight excluding hydrogens is 257 g/mol. The molecule has 0 aliphatic rings. The molecule has 0 saturated carbocycles. The second-order valence-electron chi connectivity index (χ2n) is 4.65. The highest BCUT2D eigenvalue weighted by Crippen LogP contribution is 2.19. The van der Waals surface area contributed by atoms with Gasteiger partial charge in [0.2, 0.25) is 0 Å². The predicted molar refractivity (Wildman–Crippen MR) is 78.2 cm³/mol. The number of aromatic amines is 1. The number of fused-ring (bicyclic) bond motifs is 1. The summed E-state index contributed by atoms with van der Waals surface area (Å²) >= 11 is 0. The summed E-state index contributed by atoms with van der Waals surface area (Å²) in [5.74, 6) is -0.259. The highest BCUT2D eigenvalue weighted by Gasteiger charge is 2.07. The summed E-state index contributed by atoms with van der Waals surface area (Å²) < 4.78 is 13.1. The average molecular weight is 275 g/mol. The van der Waals surface area contributed by atoms with Gasteiger partial charge in [0.05, 0.1) is 0 Å². The summed E-state index contributed by atoms with van der Waals surface area (Å²) in [5.41, 5.74) is 1.83. The molecule has 2 aromatic rings. The normalized spacial score (nSPS) is 10.5. The smallest absolute Gasteiger partial charge is 0.317 e. The van der Waals surface area contributed by atoms with Crippen LogP contribution in [-0.4, -0.2) is 36.1 Å². The Morgan fingerprint density at radius 3 is 3.10 bits per heavy atom. The minimum atomic E-state index is -0.259. The van der Waals surface area contributed by atoms with Gasteiger partial charge in [-0.05, 0) is 30.2 Å². The molecule has 2 rings (SSSR count). The van der Waals surface area contributed by atoms with Gasteiger partial charge in [-0.25, -0.2) is 9.18 Å². The number of urea groups is 1. The summed E-state index contributed by atoms with van der Waals surface area (Å²) in [5, 5.41) is 3.82. The zero-order valence-corrected chi connectivity index (χ0v) is 11.4. The molecule has 1 heterocycles. The van der Waals surface area contributed by atoms with E-state index in [1.807, 2.05) is 6.20 Å². The standard InChI is InChI=1S/C15H18FN3O/c1-3-8-19(2)15(20)17-7-6-11-10-18-14-9-12(16)4-5-13(11)14/h3-5,9-10,18H,1,6-8H2,2H3,(H,17,20). The molecule has 0 unspecified atom stereocenters. The van der Waals surface area contributed by atoms with Crippen molar-refractivity contribution in [1.82, 2.24) is 15.2 Å². The van der Waals surface area contributed by atoms with Crippen LogP contribution in [0, 0.1) is 5.82 Å². The van der Waals surface area contributed by atoms with Gasteiger partial charge < -0.3 is 15.2 Å². The van der Waals surface area contributed by atoms with Crippen molar-refractivity contribution < 1.29 is 9.18 Å². The number of aromatic nitrogens is 1. The number of hydrogen-bond acceptors (Lipinski definition) is 1. The Morgan fingerprint density at radius 1 is 1.55 bits per heavy atom. The summed E-state index contributed by atoms with van der Waals surface area (Å²) in [6, 6.07) is 4.53. The third kappa shape index (κ3) is 3.17. The van der Waals surface area contributed by atoms with Crippen LogP contribution in [0.4, 0.5) is 9.18 Å². The number of carbonyl (C=O) groups is 1. The van der Waals surface area contributed by atoms with Crippen LogP contribution in [0.2, 0.25) is 0 Å². The fraction of sp³-hybridized carbons (Fsp3) is 0.267. The predicted octanol–water partition coefficient (Wildman–Crippen LogP) is 2.68. The van der Waals surface area contributed by atoms with E-state index in [1.54, 1.807) is 24.1 Å². The second-order valence-corrected chi connectivity index (χ2v) is 4.65. The quantitative estimate of drug-likeness (QED) is 0.810. The molecule has 2 amide bonds. The number of H-pyrrole nitrogens is 1. The van der Waals surface area contributed by atoms with E-state index >= 15 is 0 Å². The molecule has 0 bridgehead atoms. The number of nitrogens with zero attached hydrogens (tertiary/aromatic N) is 1. The van der Waals surface area contributed by atoms with Gasteiger partial charge in [-0.15, -0.1) is 6.58 Å². The van der Waals surface area contributed by atoms with Crippen molar-refractivity contribution in [2.45, 2.75) is 6.42 Å². The lowest BCUT2D eigenvalue weighted by Gasteiger charge is -2.15. The molecule has 0 fully saturated rings. The first-order chi connectivity index (χ1) is 9.61. The lowest BCUT2D eigenvalue weighted by Crippen LogP contribution is -2.38. The van der Waals surface area contributed by atoms with Gasteiger partial charge >= 0.3 is 6.03 Å². The zero-order chi connectivity index (χ0) is 14.5. The minimum Gasteiger partial charge on any atom is -0.361 e. The molecule has 20 heavy (non-hydrogen) atoms. The maximum Gasteiger partial charge on any atom is 0.317 e. The molecular formula is C15H18FN3O. The number of nitrogens with one attached hydrogen (secondary N) is 2. The first-order valence-electron chi connectivity index (χ1n) is 6.47. The highest BCUT2D eigenvalue weighted by molar-refractivity contribution is 5.83. The van der Waals surface area contributed by atoms with Crippen LogP contribution >= 0.6 is 0 Å². The summed E-state index contributed by atoms with van der Waals surface area (Å²) in [6.07, 6.45) is 4.22. The fourth-order valence-electron chi connectivity index (χ4n) is 2.08. The summed E-state index contributed by atoms with van der Waals surface area (Å²) in [6.45, 7) is 4.63. The van der Waals surface area contributed by atoms with Crippen molar-refractivity contribution >= 4 is 16.9 Å². The maximum atomic E-state index is 13.1. The molecule has 4 nitrogen and oxygen atoms in total. The minimum absolute atomic E-state index is 0.129. The number of halogens is 1. The van der Waals surface area contributed by atoms with Crippen molar-refractivity contribution in [3.8, 4) is 0 Å². The molecule has 106 valence electrons.